The van der Waals surface area contributed by atoms with Gasteiger partial charge in [-0.15, -0.1) is 0 Å². The number of carbonyl (C=O) groups is 1. The van der Waals surface area contributed by atoms with Crippen molar-refractivity contribution in [3.05, 3.63) is 64.2 Å². The van der Waals surface area contributed by atoms with E-state index in [1.165, 1.54) is 0 Å². The molecule has 0 fully saturated rings. The molecule has 2 aromatic carbocycles. The second-order valence-corrected chi connectivity index (χ2v) is 5.78. The Bertz CT molecular complexity index is 670. The van der Waals surface area contributed by atoms with Crippen LogP contribution in [-0.4, -0.2) is 12.5 Å². The van der Waals surface area contributed by atoms with E-state index in [2.05, 4.69) is 5.32 Å². The van der Waals surface area contributed by atoms with Gasteiger partial charge in [0.25, 0.3) is 5.91 Å². The molecule has 0 bridgehead atoms. The van der Waals surface area contributed by atoms with Crippen molar-refractivity contribution in [3.63, 3.8) is 0 Å². The van der Waals surface area contributed by atoms with Crippen LogP contribution in [0.2, 0.25) is 5.02 Å². The Balaban J connectivity index is 1.92. The van der Waals surface area contributed by atoms with E-state index < -0.39 is 0 Å². The SMILES string of the molecule is Cc1cc(Cl)ccc1OCC(=O)NC(C)c1ccccc1C. The van der Waals surface area contributed by atoms with Crippen molar-refractivity contribution < 1.29 is 9.53 Å². The average Bonchev–Trinajstić information content (AvgIpc) is 2.46. The lowest BCUT2D eigenvalue weighted by molar-refractivity contribution is -0.123. The maximum atomic E-state index is 12.0. The van der Waals surface area contributed by atoms with Crippen molar-refractivity contribution in [1.82, 2.24) is 5.32 Å². The summed E-state index contributed by atoms with van der Waals surface area (Å²) in [6, 6.07) is 13.3. The highest BCUT2D eigenvalue weighted by Crippen LogP contribution is 2.22. The highest BCUT2D eigenvalue weighted by molar-refractivity contribution is 6.30. The van der Waals surface area contributed by atoms with Gasteiger partial charge in [0.1, 0.15) is 5.75 Å². The molecule has 2 aromatic rings. The number of hydrogen-bond acceptors (Lipinski definition) is 2. The van der Waals surface area contributed by atoms with Crippen LogP contribution < -0.4 is 10.1 Å². The minimum absolute atomic E-state index is 0.0152. The first kappa shape index (κ1) is 16.4. The Morgan fingerprint density at radius 1 is 1.18 bits per heavy atom. The predicted molar refractivity (Wildman–Crippen MR) is 89.4 cm³/mol. The third-order valence-corrected chi connectivity index (χ3v) is 3.76. The summed E-state index contributed by atoms with van der Waals surface area (Å²) in [5, 5.41) is 3.60. The van der Waals surface area contributed by atoms with Crippen molar-refractivity contribution in [3.8, 4) is 5.75 Å². The normalized spacial score (nSPS) is 11.8. The van der Waals surface area contributed by atoms with E-state index in [0.717, 1.165) is 16.7 Å². The fourth-order valence-electron chi connectivity index (χ4n) is 2.35. The highest BCUT2D eigenvalue weighted by Gasteiger charge is 2.12. The first-order valence-corrected chi connectivity index (χ1v) is 7.59. The lowest BCUT2D eigenvalue weighted by Gasteiger charge is -2.17. The van der Waals surface area contributed by atoms with Gasteiger partial charge in [-0.2, -0.15) is 0 Å². The number of rotatable bonds is 5. The topological polar surface area (TPSA) is 38.3 Å². The fourth-order valence-corrected chi connectivity index (χ4v) is 2.58. The third kappa shape index (κ3) is 4.25. The first-order chi connectivity index (χ1) is 10.5. The Morgan fingerprint density at radius 2 is 1.91 bits per heavy atom. The van der Waals surface area contributed by atoms with Crippen molar-refractivity contribution in [2.24, 2.45) is 0 Å². The fraction of sp³-hybridized carbons (Fsp3) is 0.278. The van der Waals surface area contributed by atoms with Crippen molar-refractivity contribution in [2.75, 3.05) is 6.61 Å². The number of nitrogens with one attached hydrogen (secondary N) is 1. The molecule has 0 radical (unpaired) electrons. The smallest absolute Gasteiger partial charge is 0.258 e. The zero-order valence-corrected chi connectivity index (χ0v) is 13.8. The van der Waals surface area contributed by atoms with Gasteiger partial charge in [0.05, 0.1) is 6.04 Å². The summed E-state index contributed by atoms with van der Waals surface area (Å²) in [7, 11) is 0. The van der Waals surface area contributed by atoms with Gasteiger partial charge < -0.3 is 10.1 Å². The molecule has 0 aliphatic heterocycles. The maximum Gasteiger partial charge on any atom is 0.258 e. The molecule has 0 aromatic heterocycles. The van der Waals surface area contributed by atoms with Crippen LogP contribution in [-0.2, 0) is 4.79 Å². The second-order valence-electron chi connectivity index (χ2n) is 5.34. The predicted octanol–water partition coefficient (Wildman–Crippen LogP) is 4.21. The Kier molecular flexibility index (Phi) is 5.45. The molecule has 2 rings (SSSR count). The Hall–Kier alpha value is -2.00. The average molecular weight is 318 g/mol. The van der Waals surface area contributed by atoms with E-state index >= 15 is 0 Å². The molecule has 0 heterocycles. The molecule has 1 amide bonds. The summed E-state index contributed by atoms with van der Waals surface area (Å²) in [4.78, 5) is 12.0. The zero-order valence-electron chi connectivity index (χ0n) is 13.0. The number of carbonyl (C=O) groups excluding carboxylic acids is 1. The first-order valence-electron chi connectivity index (χ1n) is 7.21. The van der Waals surface area contributed by atoms with Crippen LogP contribution in [0.5, 0.6) is 5.75 Å². The zero-order chi connectivity index (χ0) is 16.1. The van der Waals surface area contributed by atoms with Crippen LogP contribution in [0.1, 0.15) is 29.7 Å². The van der Waals surface area contributed by atoms with E-state index in [4.69, 9.17) is 16.3 Å². The summed E-state index contributed by atoms with van der Waals surface area (Å²) in [6.45, 7) is 5.88. The molecule has 116 valence electrons. The van der Waals surface area contributed by atoms with E-state index in [9.17, 15) is 4.79 Å². The van der Waals surface area contributed by atoms with Gasteiger partial charge in [-0.25, -0.2) is 0 Å². The molecule has 3 nitrogen and oxygen atoms in total. The van der Waals surface area contributed by atoms with Gasteiger partial charge in [-0.3, -0.25) is 4.79 Å². The lowest BCUT2D eigenvalue weighted by Crippen LogP contribution is -2.31. The highest BCUT2D eigenvalue weighted by atomic mass is 35.5. The molecule has 1 unspecified atom stereocenters. The van der Waals surface area contributed by atoms with E-state index in [-0.39, 0.29) is 18.6 Å². The maximum absolute atomic E-state index is 12.0. The van der Waals surface area contributed by atoms with Crippen LogP contribution in [0.15, 0.2) is 42.5 Å². The van der Waals surface area contributed by atoms with Crippen LogP contribution in [0.3, 0.4) is 0 Å². The standard InChI is InChI=1S/C18H20ClNO2/c1-12-6-4-5-7-16(12)14(3)20-18(21)11-22-17-9-8-15(19)10-13(17)2/h4-10,14H,11H2,1-3H3,(H,20,21). The summed E-state index contributed by atoms with van der Waals surface area (Å²) in [5.41, 5.74) is 3.18. The van der Waals surface area contributed by atoms with Gasteiger partial charge in [-0.1, -0.05) is 35.9 Å². The van der Waals surface area contributed by atoms with E-state index in [0.29, 0.717) is 10.8 Å². The molecule has 0 saturated carbocycles. The number of hydrogen-bond donors (Lipinski definition) is 1. The number of benzene rings is 2. The summed E-state index contributed by atoms with van der Waals surface area (Å²) in [6.07, 6.45) is 0. The van der Waals surface area contributed by atoms with Crippen molar-refractivity contribution in [1.29, 1.82) is 0 Å². The van der Waals surface area contributed by atoms with E-state index in [1.807, 2.05) is 51.1 Å². The Morgan fingerprint density at radius 3 is 2.59 bits per heavy atom. The summed E-state index contributed by atoms with van der Waals surface area (Å²) < 4.78 is 5.55. The van der Waals surface area contributed by atoms with Gasteiger partial charge in [0.2, 0.25) is 0 Å². The number of ether oxygens (including phenoxy) is 1. The largest absolute Gasteiger partial charge is 0.484 e. The quantitative estimate of drug-likeness (QED) is 0.897. The van der Waals surface area contributed by atoms with Gasteiger partial charge in [-0.05, 0) is 55.7 Å². The summed E-state index contributed by atoms with van der Waals surface area (Å²) in [5.74, 6) is 0.521. The molecule has 0 saturated heterocycles. The van der Waals surface area contributed by atoms with Crippen molar-refractivity contribution in [2.45, 2.75) is 26.8 Å². The molecule has 1 atom stereocenters. The molecule has 0 aliphatic carbocycles. The molecular formula is C18H20ClNO2. The second kappa shape index (κ2) is 7.32. The molecular weight excluding hydrogens is 298 g/mol. The number of halogens is 1. The molecule has 4 heteroatoms. The molecule has 1 N–H and O–H groups in total. The molecule has 0 spiro atoms. The van der Waals surface area contributed by atoms with Crippen LogP contribution in [0, 0.1) is 13.8 Å². The molecule has 22 heavy (non-hydrogen) atoms. The Labute approximate surface area is 136 Å². The minimum Gasteiger partial charge on any atom is -0.484 e. The lowest BCUT2D eigenvalue weighted by atomic mass is 10.0. The van der Waals surface area contributed by atoms with Crippen LogP contribution in [0.4, 0.5) is 0 Å². The van der Waals surface area contributed by atoms with Gasteiger partial charge in [0.15, 0.2) is 6.61 Å². The number of amides is 1. The minimum atomic E-state index is -0.148. The van der Waals surface area contributed by atoms with Crippen LogP contribution >= 0.6 is 11.6 Å². The molecule has 0 aliphatic rings. The van der Waals surface area contributed by atoms with Crippen LogP contribution in [0.25, 0.3) is 0 Å². The van der Waals surface area contributed by atoms with E-state index in [1.54, 1.807) is 12.1 Å². The number of aryl methyl sites for hydroxylation is 2. The third-order valence-electron chi connectivity index (χ3n) is 3.53. The van der Waals surface area contributed by atoms with Gasteiger partial charge >= 0.3 is 0 Å². The summed E-state index contributed by atoms with van der Waals surface area (Å²) >= 11 is 5.90. The van der Waals surface area contributed by atoms with Crippen molar-refractivity contribution >= 4 is 17.5 Å². The van der Waals surface area contributed by atoms with Gasteiger partial charge in [0, 0.05) is 5.02 Å². The monoisotopic (exact) mass is 317 g/mol.